The molecule has 0 aliphatic rings. The molecule has 1 heterocycles. The van der Waals surface area contributed by atoms with Crippen LogP contribution in [0, 0.1) is 12.8 Å². The number of carbonyl (C=O) groups is 1. The molecule has 0 radical (unpaired) electrons. The first kappa shape index (κ1) is 18.8. The highest BCUT2D eigenvalue weighted by Crippen LogP contribution is 2.21. The van der Waals surface area contributed by atoms with Crippen molar-refractivity contribution in [1.82, 2.24) is 9.36 Å². The maximum atomic E-state index is 13.1. The average Bonchev–Trinajstić information content (AvgIpc) is 2.77. The Hall–Kier alpha value is -2.50. The number of ether oxygens (including phenoxy) is 1. The number of benzene rings is 1. The molecule has 0 saturated carbocycles. The van der Waals surface area contributed by atoms with E-state index in [-0.39, 0.29) is 17.5 Å². The molecule has 0 aliphatic carbocycles. The monoisotopic (exact) mass is 345 g/mol. The lowest BCUT2D eigenvalue weighted by molar-refractivity contribution is 0.138. The van der Waals surface area contributed by atoms with Crippen molar-refractivity contribution in [3.63, 3.8) is 0 Å². The maximum Gasteiger partial charge on any atom is 0.414 e. The third kappa shape index (κ3) is 3.78. The van der Waals surface area contributed by atoms with Gasteiger partial charge in [0.1, 0.15) is 5.69 Å². The van der Waals surface area contributed by atoms with Gasteiger partial charge in [0.2, 0.25) is 0 Å². The van der Waals surface area contributed by atoms with Crippen LogP contribution in [0.1, 0.15) is 33.4 Å². The first-order valence-electron chi connectivity index (χ1n) is 8.55. The number of anilines is 1. The van der Waals surface area contributed by atoms with Crippen LogP contribution in [0.4, 0.5) is 10.5 Å². The van der Waals surface area contributed by atoms with E-state index < -0.39 is 6.09 Å². The SMILES string of the molecule is Cc1c(N(C(=O)OCC(C)C)C(C)C)c(=O)n(-c2ccccc2)n1C. The number of aromatic nitrogens is 2. The van der Waals surface area contributed by atoms with Gasteiger partial charge in [-0.3, -0.25) is 14.4 Å². The molecular formula is C19H27N3O3. The fraction of sp³-hybridized carbons (Fsp3) is 0.474. The van der Waals surface area contributed by atoms with Crippen LogP contribution in [0.15, 0.2) is 35.1 Å². The number of rotatable bonds is 5. The summed E-state index contributed by atoms with van der Waals surface area (Å²) in [5.41, 5.74) is 1.59. The molecule has 2 rings (SSSR count). The molecule has 6 heteroatoms. The molecular weight excluding hydrogens is 318 g/mol. The topological polar surface area (TPSA) is 56.5 Å². The van der Waals surface area contributed by atoms with Crippen molar-refractivity contribution < 1.29 is 9.53 Å². The first-order chi connectivity index (χ1) is 11.8. The van der Waals surface area contributed by atoms with Gasteiger partial charge < -0.3 is 4.74 Å². The summed E-state index contributed by atoms with van der Waals surface area (Å²) < 4.78 is 8.70. The lowest BCUT2D eigenvalue weighted by atomic mass is 10.2. The summed E-state index contributed by atoms with van der Waals surface area (Å²) >= 11 is 0. The van der Waals surface area contributed by atoms with Gasteiger partial charge in [-0.2, -0.15) is 0 Å². The largest absolute Gasteiger partial charge is 0.449 e. The van der Waals surface area contributed by atoms with Crippen LogP contribution in [0.5, 0.6) is 0 Å². The van der Waals surface area contributed by atoms with E-state index in [1.54, 1.807) is 9.36 Å². The molecule has 0 bridgehead atoms. The lowest BCUT2D eigenvalue weighted by Gasteiger charge is -2.25. The van der Waals surface area contributed by atoms with Gasteiger partial charge in [0.25, 0.3) is 5.56 Å². The van der Waals surface area contributed by atoms with Gasteiger partial charge in [-0.05, 0) is 38.8 Å². The minimum atomic E-state index is -0.491. The smallest absolute Gasteiger partial charge is 0.414 e. The summed E-state index contributed by atoms with van der Waals surface area (Å²) in [6.07, 6.45) is -0.491. The minimum absolute atomic E-state index is 0.197. The second-order valence-corrected chi connectivity index (χ2v) is 6.84. The highest BCUT2D eigenvalue weighted by atomic mass is 16.6. The molecule has 1 aromatic carbocycles. The second kappa shape index (κ2) is 7.59. The molecule has 0 fully saturated rings. The van der Waals surface area contributed by atoms with Crippen LogP contribution in [0.3, 0.4) is 0 Å². The third-order valence-corrected chi connectivity index (χ3v) is 4.02. The van der Waals surface area contributed by atoms with Gasteiger partial charge in [0.15, 0.2) is 0 Å². The number of hydrogen-bond donors (Lipinski definition) is 0. The van der Waals surface area contributed by atoms with E-state index in [4.69, 9.17) is 4.74 Å². The molecule has 1 aromatic heterocycles. The fourth-order valence-corrected chi connectivity index (χ4v) is 2.70. The first-order valence-corrected chi connectivity index (χ1v) is 8.55. The van der Waals surface area contributed by atoms with Crippen molar-refractivity contribution in [1.29, 1.82) is 0 Å². The molecule has 6 nitrogen and oxygen atoms in total. The molecule has 0 saturated heterocycles. The summed E-state index contributed by atoms with van der Waals surface area (Å²) in [5.74, 6) is 0.232. The van der Waals surface area contributed by atoms with Gasteiger partial charge in [-0.25, -0.2) is 9.48 Å². The van der Waals surface area contributed by atoms with Crippen LogP contribution in [-0.2, 0) is 11.8 Å². The van der Waals surface area contributed by atoms with Gasteiger partial charge in [0, 0.05) is 13.1 Å². The summed E-state index contributed by atoms with van der Waals surface area (Å²) in [6, 6.07) is 9.18. The van der Waals surface area contributed by atoms with Crippen molar-refractivity contribution in [2.45, 2.75) is 40.7 Å². The quantitative estimate of drug-likeness (QED) is 0.833. The predicted molar refractivity (Wildman–Crippen MR) is 99.5 cm³/mol. The van der Waals surface area contributed by atoms with Gasteiger partial charge in [0.05, 0.1) is 18.0 Å². The molecule has 0 aliphatic heterocycles. The fourth-order valence-electron chi connectivity index (χ4n) is 2.70. The highest BCUT2D eigenvalue weighted by molar-refractivity contribution is 5.88. The van der Waals surface area contributed by atoms with Crippen LogP contribution in [-0.4, -0.2) is 28.1 Å². The zero-order valence-electron chi connectivity index (χ0n) is 15.8. The molecule has 0 atom stereocenters. The second-order valence-electron chi connectivity index (χ2n) is 6.84. The van der Waals surface area contributed by atoms with Crippen LogP contribution in [0.2, 0.25) is 0 Å². The zero-order valence-corrected chi connectivity index (χ0v) is 15.8. The van der Waals surface area contributed by atoms with E-state index in [0.29, 0.717) is 18.0 Å². The van der Waals surface area contributed by atoms with Crippen LogP contribution >= 0.6 is 0 Å². The van der Waals surface area contributed by atoms with E-state index in [9.17, 15) is 9.59 Å². The molecule has 0 N–H and O–H groups in total. The number of carbonyl (C=O) groups excluding carboxylic acids is 1. The van der Waals surface area contributed by atoms with Crippen molar-refractivity contribution in [2.75, 3.05) is 11.5 Å². The van der Waals surface area contributed by atoms with E-state index in [1.165, 1.54) is 4.90 Å². The Morgan fingerprint density at radius 3 is 2.28 bits per heavy atom. The van der Waals surface area contributed by atoms with Crippen molar-refractivity contribution in [3.8, 4) is 5.69 Å². The number of amides is 1. The Kier molecular flexibility index (Phi) is 5.72. The molecule has 0 spiro atoms. The molecule has 0 unspecified atom stereocenters. The van der Waals surface area contributed by atoms with Crippen molar-refractivity contribution >= 4 is 11.8 Å². The standard InChI is InChI=1S/C19H27N3O3/c1-13(2)12-25-19(24)21(14(3)4)17-15(5)20(6)22(18(17)23)16-10-8-7-9-11-16/h7-11,13-14H,12H2,1-6H3. The van der Waals surface area contributed by atoms with Crippen molar-refractivity contribution in [3.05, 3.63) is 46.4 Å². The van der Waals surface area contributed by atoms with Crippen molar-refractivity contribution in [2.24, 2.45) is 13.0 Å². The van der Waals surface area contributed by atoms with Gasteiger partial charge in [-0.1, -0.05) is 32.0 Å². The summed E-state index contributed by atoms with van der Waals surface area (Å²) in [4.78, 5) is 27.1. The molecule has 2 aromatic rings. The Bertz CT molecular complexity index is 788. The zero-order chi connectivity index (χ0) is 18.7. The third-order valence-electron chi connectivity index (χ3n) is 4.02. The predicted octanol–water partition coefficient (Wildman–Crippen LogP) is 3.49. The van der Waals surface area contributed by atoms with E-state index in [2.05, 4.69) is 0 Å². The van der Waals surface area contributed by atoms with Gasteiger partial charge in [-0.15, -0.1) is 0 Å². The minimum Gasteiger partial charge on any atom is -0.449 e. The summed E-state index contributed by atoms with van der Waals surface area (Å²) in [5, 5.41) is 0. The van der Waals surface area contributed by atoms with Gasteiger partial charge >= 0.3 is 6.09 Å². The molecule has 25 heavy (non-hydrogen) atoms. The Morgan fingerprint density at radius 1 is 1.16 bits per heavy atom. The highest BCUT2D eigenvalue weighted by Gasteiger charge is 2.29. The normalized spacial score (nSPS) is 11.2. The Balaban J connectivity index is 2.53. The number of hydrogen-bond acceptors (Lipinski definition) is 3. The van der Waals surface area contributed by atoms with E-state index in [1.807, 2.05) is 72.0 Å². The van der Waals surface area contributed by atoms with E-state index >= 15 is 0 Å². The van der Waals surface area contributed by atoms with E-state index in [0.717, 1.165) is 5.69 Å². The Morgan fingerprint density at radius 2 is 1.76 bits per heavy atom. The summed E-state index contributed by atoms with van der Waals surface area (Å²) in [7, 11) is 1.81. The maximum absolute atomic E-state index is 13.1. The lowest BCUT2D eigenvalue weighted by Crippen LogP contribution is -2.41. The molecule has 1 amide bonds. The van der Waals surface area contributed by atoms with Crippen LogP contribution < -0.4 is 10.5 Å². The Labute approximate surface area is 148 Å². The number of para-hydroxylation sites is 1. The van der Waals surface area contributed by atoms with Crippen LogP contribution in [0.25, 0.3) is 5.69 Å². The number of nitrogens with zero attached hydrogens (tertiary/aromatic N) is 3. The molecule has 136 valence electrons. The average molecular weight is 345 g/mol. The summed E-state index contributed by atoms with van der Waals surface area (Å²) in [6.45, 7) is 9.85.